The van der Waals surface area contributed by atoms with Crippen molar-refractivity contribution in [3.63, 3.8) is 0 Å². The Balaban J connectivity index is 1.55. The summed E-state index contributed by atoms with van der Waals surface area (Å²) in [7, 11) is 5.84. The normalized spacial score (nSPS) is 23.6. The fraction of sp³-hybridized carbons (Fsp3) is 0.476. The minimum Gasteiger partial charge on any atom is -0.315 e. The van der Waals surface area contributed by atoms with Crippen LogP contribution in [0.1, 0.15) is 18.9 Å². The maximum absolute atomic E-state index is 13.3. The van der Waals surface area contributed by atoms with Crippen molar-refractivity contribution in [3.8, 4) is 0 Å². The van der Waals surface area contributed by atoms with Crippen LogP contribution in [0, 0.1) is 0 Å². The van der Waals surface area contributed by atoms with Gasteiger partial charge in [-0.25, -0.2) is 9.79 Å². The van der Waals surface area contributed by atoms with E-state index in [0.717, 1.165) is 36.7 Å². The molecule has 4 rings (SSSR count). The van der Waals surface area contributed by atoms with E-state index in [0.29, 0.717) is 0 Å². The van der Waals surface area contributed by atoms with Crippen molar-refractivity contribution < 1.29 is 9.59 Å². The Kier molecular flexibility index (Phi) is 5.04. The number of fused-ring (bicyclic) bond motifs is 3. The van der Waals surface area contributed by atoms with Crippen LogP contribution in [-0.4, -0.2) is 88.8 Å². The molecule has 3 aliphatic heterocycles. The highest BCUT2D eigenvalue weighted by molar-refractivity contribution is 6.04. The monoisotopic (exact) mass is 396 g/mol. The molecule has 154 valence electrons. The fourth-order valence-electron chi connectivity index (χ4n) is 4.13. The van der Waals surface area contributed by atoms with E-state index in [9.17, 15) is 9.59 Å². The summed E-state index contributed by atoms with van der Waals surface area (Å²) in [4.78, 5) is 40.2. The van der Waals surface area contributed by atoms with Crippen molar-refractivity contribution >= 4 is 17.9 Å². The highest BCUT2D eigenvalue weighted by atomic mass is 16.2. The number of allylic oxidation sites excluding steroid dienone is 1. The second-order valence-electron chi connectivity index (χ2n) is 8.08. The summed E-state index contributed by atoms with van der Waals surface area (Å²) in [5, 5.41) is 0. The Labute approximate surface area is 171 Å². The number of amides is 3. The van der Waals surface area contributed by atoms with Gasteiger partial charge in [-0.15, -0.1) is 0 Å². The molecular weight excluding hydrogens is 368 g/mol. The molecule has 1 fully saturated rings. The molecule has 3 heterocycles. The number of imide groups is 1. The third-order valence-electron chi connectivity index (χ3n) is 5.67. The van der Waals surface area contributed by atoms with Gasteiger partial charge in [0.15, 0.2) is 12.2 Å². The van der Waals surface area contributed by atoms with Crippen molar-refractivity contribution in [2.45, 2.75) is 32.1 Å². The summed E-state index contributed by atoms with van der Waals surface area (Å²) in [5.41, 5.74) is 2.00. The van der Waals surface area contributed by atoms with Gasteiger partial charge in [-0.3, -0.25) is 9.69 Å². The lowest BCUT2D eigenvalue weighted by Gasteiger charge is -2.40. The number of carbonyl (C=O) groups excluding carboxylic acids is 2. The maximum Gasteiger partial charge on any atom is 0.328 e. The first-order chi connectivity index (χ1) is 13.9. The molecule has 2 unspecified atom stereocenters. The molecule has 0 bridgehead atoms. The van der Waals surface area contributed by atoms with Gasteiger partial charge in [-0.05, 0) is 39.5 Å². The molecule has 0 saturated carbocycles. The number of benzene rings is 1. The van der Waals surface area contributed by atoms with Crippen molar-refractivity contribution in [1.29, 1.82) is 0 Å². The number of hydrogen-bond acceptors (Lipinski definition) is 6. The minimum atomic E-state index is -0.509. The summed E-state index contributed by atoms with van der Waals surface area (Å²) in [5.74, 6) is 0.575. The Hall–Kier alpha value is -2.87. The lowest BCUT2D eigenvalue weighted by molar-refractivity contribution is -0.137. The van der Waals surface area contributed by atoms with Gasteiger partial charge >= 0.3 is 6.03 Å². The standard InChI is InChI=1S/C21H28N6O2/c1-15-13-26-17-18(22-20(26)25(15)12-8-11-23(2)3)24(4)21(29)27(19(17)28)14-16-9-6-5-7-10-16/h5-7,9-10,13,17-18H,8,11-12,14H2,1-4H3. The van der Waals surface area contributed by atoms with E-state index < -0.39 is 12.2 Å². The largest absolute Gasteiger partial charge is 0.328 e. The molecule has 0 radical (unpaired) electrons. The lowest BCUT2D eigenvalue weighted by atomic mass is 10.1. The average Bonchev–Trinajstić information content (AvgIpc) is 3.20. The Morgan fingerprint density at radius 3 is 2.52 bits per heavy atom. The Bertz CT molecular complexity index is 865. The maximum atomic E-state index is 13.3. The first kappa shape index (κ1) is 19.4. The van der Waals surface area contributed by atoms with Crippen LogP contribution in [0.4, 0.5) is 4.79 Å². The van der Waals surface area contributed by atoms with Crippen LogP contribution < -0.4 is 0 Å². The molecule has 0 aliphatic carbocycles. The number of hydrogen-bond donors (Lipinski definition) is 0. The molecular formula is C21H28N6O2. The number of likely N-dealkylation sites (N-methyl/N-ethyl adjacent to an activating group) is 1. The zero-order chi connectivity index (χ0) is 20.7. The molecule has 1 saturated heterocycles. The van der Waals surface area contributed by atoms with E-state index >= 15 is 0 Å². The van der Waals surface area contributed by atoms with Gasteiger partial charge < -0.3 is 19.6 Å². The zero-order valence-electron chi connectivity index (χ0n) is 17.4. The first-order valence-corrected chi connectivity index (χ1v) is 9.97. The molecule has 0 spiro atoms. The molecule has 1 aromatic carbocycles. The fourth-order valence-corrected chi connectivity index (χ4v) is 4.13. The van der Waals surface area contributed by atoms with Crippen LogP contribution >= 0.6 is 0 Å². The first-order valence-electron chi connectivity index (χ1n) is 9.97. The number of nitrogens with zero attached hydrogens (tertiary/aromatic N) is 6. The predicted molar refractivity (Wildman–Crippen MR) is 111 cm³/mol. The van der Waals surface area contributed by atoms with Crippen molar-refractivity contribution in [1.82, 2.24) is 24.5 Å². The van der Waals surface area contributed by atoms with E-state index in [1.54, 1.807) is 11.9 Å². The second-order valence-corrected chi connectivity index (χ2v) is 8.08. The average molecular weight is 396 g/mol. The van der Waals surface area contributed by atoms with Crippen LogP contribution in [0.15, 0.2) is 47.2 Å². The van der Waals surface area contributed by atoms with Gasteiger partial charge in [0.05, 0.1) is 6.54 Å². The summed E-state index contributed by atoms with van der Waals surface area (Å²) >= 11 is 0. The third-order valence-corrected chi connectivity index (χ3v) is 5.67. The minimum absolute atomic E-state index is 0.195. The molecule has 3 aliphatic rings. The second kappa shape index (κ2) is 7.51. The number of rotatable bonds is 6. The molecule has 29 heavy (non-hydrogen) atoms. The molecule has 0 aromatic heterocycles. The van der Waals surface area contributed by atoms with Crippen LogP contribution in [-0.2, 0) is 11.3 Å². The van der Waals surface area contributed by atoms with E-state index in [-0.39, 0.29) is 18.5 Å². The number of urea groups is 1. The molecule has 8 heteroatoms. The van der Waals surface area contributed by atoms with Gasteiger partial charge in [0.1, 0.15) is 0 Å². The van der Waals surface area contributed by atoms with Crippen LogP contribution in [0.2, 0.25) is 0 Å². The van der Waals surface area contributed by atoms with E-state index in [2.05, 4.69) is 23.9 Å². The van der Waals surface area contributed by atoms with Gasteiger partial charge in [0.2, 0.25) is 5.96 Å². The number of guanidine groups is 1. The lowest BCUT2D eigenvalue weighted by Crippen LogP contribution is -2.63. The highest BCUT2D eigenvalue weighted by Crippen LogP contribution is 2.34. The summed E-state index contributed by atoms with van der Waals surface area (Å²) < 4.78 is 0. The van der Waals surface area contributed by atoms with E-state index in [1.165, 1.54) is 4.90 Å². The van der Waals surface area contributed by atoms with Crippen molar-refractivity contribution in [3.05, 3.63) is 47.8 Å². The quantitative estimate of drug-likeness (QED) is 0.731. The van der Waals surface area contributed by atoms with Crippen LogP contribution in [0.25, 0.3) is 0 Å². The Morgan fingerprint density at radius 1 is 1.10 bits per heavy atom. The summed E-state index contributed by atoms with van der Waals surface area (Å²) in [6.45, 7) is 4.11. The number of carbonyl (C=O) groups is 2. The van der Waals surface area contributed by atoms with Gasteiger partial charge in [-0.1, -0.05) is 30.3 Å². The highest BCUT2D eigenvalue weighted by Gasteiger charge is 2.54. The molecule has 0 N–H and O–H groups in total. The van der Waals surface area contributed by atoms with E-state index in [4.69, 9.17) is 4.99 Å². The summed E-state index contributed by atoms with van der Waals surface area (Å²) in [6.07, 6.45) is 2.49. The van der Waals surface area contributed by atoms with Gasteiger partial charge in [-0.2, -0.15) is 0 Å². The molecule has 2 atom stereocenters. The van der Waals surface area contributed by atoms with Crippen molar-refractivity contribution in [2.24, 2.45) is 4.99 Å². The van der Waals surface area contributed by atoms with Crippen molar-refractivity contribution in [2.75, 3.05) is 34.2 Å². The van der Waals surface area contributed by atoms with E-state index in [1.807, 2.05) is 48.4 Å². The van der Waals surface area contributed by atoms with Crippen LogP contribution in [0.5, 0.6) is 0 Å². The molecule has 1 aromatic rings. The Morgan fingerprint density at radius 2 is 1.83 bits per heavy atom. The summed E-state index contributed by atoms with van der Waals surface area (Å²) in [6, 6.07) is 8.79. The SMILES string of the molecule is CC1=CN2C(=NC3C2C(=O)N(Cc2ccccc2)C(=O)N3C)N1CCCN(C)C. The van der Waals surface area contributed by atoms with Gasteiger partial charge in [0.25, 0.3) is 5.91 Å². The zero-order valence-corrected chi connectivity index (χ0v) is 17.4. The van der Waals surface area contributed by atoms with Crippen LogP contribution in [0.3, 0.4) is 0 Å². The molecule has 3 amide bonds. The van der Waals surface area contributed by atoms with Gasteiger partial charge in [0, 0.05) is 25.5 Å². The topological polar surface area (TPSA) is 62.7 Å². The molecule has 8 nitrogen and oxygen atoms in total. The predicted octanol–water partition coefficient (Wildman–Crippen LogP) is 1.58. The third kappa shape index (κ3) is 3.37. The smallest absolute Gasteiger partial charge is 0.315 e. The number of aliphatic imine (C=N–C) groups is 1.